The summed E-state index contributed by atoms with van der Waals surface area (Å²) in [6, 6.07) is 10.6. The van der Waals surface area contributed by atoms with Crippen molar-refractivity contribution in [3.63, 3.8) is 0 Å². The second-order valence-corrected chi connectivity index (χ2v) is 6.47. The van der Waals surface area contributed by atoms with Gasteiger partial charge in [0.15, 0.2) is 0 Å². The van der Waals surface area contributed by atoms with E-state index in [0.717, 1.165) is 18.6 Å². The fourth-order valence-corrected chi connectivity index (χ4v) is 3.92. The van der Waals surface area contributed by atoms with Gasteiger partial charge < -0.3 is 5.11 Å². The Kier molecular flexibility index (Phi) is 4.90. The van der Waals surface area contributed by atoms with Crippen LogP contribution in [0, 0.1) is 5.92 Å². The molecule has 0 radical (unpaired) electrons. The number of hydrogen-bond donors (Lipinski definition) is 1. The molecule has 0 bridgehead atoms. The van der Waals surface area contributed by atoms with E-state index in [1.807, 2.05) is 11.8 Å². The number of thioether (sulfide) groups is 1. The average molecular weight is 262 g/mol. The molecule has 0 spiro atoms. The quantitative estimate of drug-likeness (QED) is 0.827. The molecule has 0 saturated carbocycles. The predicted octanol–water partition coefficient (Wildman–Crippen LogP) is 4.03. The molecule has 18 heavy (non-hydrogen) atoms. The zero-order chi connectivity index (χ0) is 13.0. The first-order valence-electron chi connectivity index (χ1n) is 6.62. The number of benzene rings is 1. The topological polar surface area (TPSA) is 20.2 Å². The first-order valence-corrected chi connectivity index (χ1v) is 7.67. The highest BCUT2D eigenvalue weighted by Gasteiger charge is 2.26. The minimum absolute atomic E-state index is 0.317. The van der Waals surface area contributed by atoms with Crippen LogP contribution in [-0.4, -0.2) is 17.0 Å². The van der Waals surface area contributed by atoms with Crippen molar-refractivity contribution in [2.75, 3.05) is 6.61 Å². The Morgan fingerprint density at radius 3 is 2.44 bits per heavy atom. The predicted molar refractivity (Wildman–Crippen MR) is 79.7 cm³/mol. The zero-order valence-corrected chi connectivity index (χ0v) is 12.0. The Morgan fingerprint density at radius 2 is 1.78 bits per heavy atom. The molecule has 1 aromatic rings. The Balaban J connectivity index is 1.96. The molecule has 98 valence electrons. The van der Waals surface area contributed by atoms with Gasteiger partial charge in [0.2, 0.25) is 0 Å². The van der Waals surface area contributed by atoms with Crippen LogP contribution in [0.25, 0.3) is 0 Å². The number of aliphatic hydroxyl groups is 1. The summed E-state index contributed by atoms with van der Waals surface area (Å²) in [5, 5.41) is 10.1. The third-order valence-electron chi connectivity index (χ3n) is 3.87. The first-order chi connectivity index (χ1) is 8.70. The molecule has 1 aromatic carbocycles. The molecule has 0 aliphatic heterocycles. The molecule has 1 N–H and O–H groups in total. The number of aliphatic hydroxyl groups excluding tert-OH is 1. The van der Waals surface area contributed by atoms with Crippen molar-refractivity contribution < 1.29 is 5.11 Å². The molecule has 2 rings (SSSR count). The van der Waals surface area contributed by atoms with Gasteiger partial charge >= 0.3 is 0 Å². The lowest BCUT2D eigenvalue weighted by molar-refractivity contribution is 0.217. The van der Waals surface area contributed by atoms with Crippen molar-refractivity contribution in [1.29, 1.82) is 0 Å². The van der Waals surface area contributed by atoms with E-state index in [2.05, 4.69) is 44.2 Å². The average Bonchev–Trinajstić information content (AvgIpc) is 2.41. The second kappa shape index (κ2) is 6.44. The van der Waals surface area contributed by atoms with Crippen LogP contribution in [0.3, 0.4) is 0 Å². The third-order valence-corrected chi connectivity index (χ3v) is 5.35. The van der Waals surface area contributed by atoms with Gasteiger partial charge in [-0.05, 0) is 38.2 Å². The molecule has 0 unspecified atom stereocenters. The second-order valence-electron chi connectivity index (χ2n) is 5.25. The molecule has 2 atom stereocenters. The summed E-state index contributed by atoms with van der Waals surface area (Å²) in [5.74, 6) is 1.48. The molecule has 1 aliphatic rings. The number of allylic oxidation sites excluding steroid dienone is 2. The number of hydrogen-bond acceptors (Lipinski definition) is 2. The monoisotopic (exact) mass is 262 g/mol. The van der Waals surface area contributed by atoms with E-state index in [-0.39, 0.29) is 0 Å². The van der Waals surface area contributed by atoms with E-state index in [0.29, 0.717) is 17.8 Å². The van der Waals surface area contributed by atoms with Gasteiger partial charge in [-0.2, -0.15) is 11.8 Å². The summed E-state index contributed by atoms with van der Waals surface area (Å²) < 4.78 is 0. The van der Waals surface area contributed by atoms with Gasteiger partial charge in [-0.1, -0.05) is 41.5 Å². The Hall–Kier alpha value is -0.730. The molecule has 1 nitrogen and oxygen atoms in total. The largest absolute Gasteiger partial charge is 0.396 e. The van der Waals surface area contributed by atoms with Crippen LogP contribution in [0.15, 0.2) is 41.5 Å². The molecular weight excluding hydrogens is 240 g/mol. The summed E-state index contributed by atoms with van der Waals surface area (Å²) >= 11 is 1.99. The maximum Gasteiger partial charge on any atom is 0.0473 e. The maximum absolute atomic E-state index is 9.53. The highest BCUT2D eigenvalue weighted by Crippen LogP contribution is 2.37. The van der Waals surface area contributed by atoms with Crippen molar-refractivity contribution >= 4 is 11.8 Å². The highest BCUT2D eigenvalue weighted by atomic mass is 32.2. The molecular formula is C16H22OS. The molecule has 0 aromatic heterocycles. The maximum atomic E-state index is 9.53. The molecule has 2 heteroatoms. The van der Waals surface area contributed by atoms with Gasteiger partial charge in [0.1, 0.15) is 0 Å². The van der Waals surface area contributed by atoms with Crippen LogP contribution in [0.5, 0.6) is 0 Å². The van der Waals surface area contributed by atoms with E-state index >= 15 is 0 Å². The van der Waals surface area contributed by atoms with Gasteiger partial charge in [-0.15, -0.1) is 0 Å². The standard InChI is InChI=1S/C16H22OS/c1-12-8-15(10-17)16(9-13(12)2)18-11-14-6-4-3-5-7-14/h3-7,15-17H,8-11H2,1-2H3/t15-,16-/m1/s1. The van der Waals surface area contributed by atoms with Crippen LogP contribution in [0.2, 0.25) is 0 Å². The van der Waals surface area contributed by atoms with Crippen molar-refractivity contribution in [2.24, 2.45) is 5.92 Å². The summed E-state index contributed by atoms with van der Waals surface area (Å²) in [4.78, 5) is 0. The fourth-order valence-electron chi connectivity index (χ4n) is 2.50. The zero-order valence-electron chi connectivity index (χ0n) is 11.2. The lowest BCUT2D eigenvalue weighted by atomic mass is 9.85. The van der Waals surface area contributed by atoms with Crippen molar-refractivity contribution in [2.45, 2.75) is 37.7 Å². The summed E-state index contributed by atoms with van der Waals surface area (Å²) in [6.45, 7) is 4.76. The van der Waals surface area contributed by atoms with Crippen molar-refractivity contribution in [3.8, 4) is 0 Å². The Morgan fingerprint density at radius 1 is 1.11 bits per heavy atom. The van der Waals surface area contributed by atoms with Gasteiger partial charge in [0.05, 0.1) is 0 Å². The smallest absolute Gasteiger partial charge is 0.0473 e. The van der Waals surface area contributed by atoms with Crippen LogP contribution < -0.4 is 0 Å². The van der Waals surface area contributed by atoms with Crippen LogP contribution >= 0.6 is 11.8 Å². The molecule has 1 aliphatic carbocycles. The van der Waals surface area contributed by atoms with E-state index < -0.39 is 0 Å². The Labute approximate surface area is 114 Å². The highest BCUT2D eigenvalue weighted by molar-refractivity contribution is 7.99. The lowest BCUT2D eigenvalue weighted by Gasteiger charge is -2.31. The minimum atomic E-state index is 0.317. The first kappa shape index (κ1) is 13.7. The van der Waals surface area contributed by atoms with E-state index in [4.69, 9.17) is 0 Å². The van der Waals surface area contributed by atoms with Crippen molar-refractivity contribution in [1.82, 2.24) is 0 Å². The number of rotatable bonds is 4. The van der Waals surface area contributed by atoms with Gasteiger partial charge in [0.25, 0.3) is 0 Å². The molecule has 0 heterocycles. The van der Waals surface area contributed by atoms with E-state index in [1.54, 1.807) is 0 Å². The van der Waals surface area contributed by atoms with Gasteiger partial charge in [-0.3, -0.25) is 0 Å². The summed E-state index contributed by atoms with van der Waals surface area (Å²) in [6.07, 6.45) is 2.20. The molecule has 0 amide bonds. The van der Waals surface area contributed by atoms with E-state index in [1.165, 1.54) is 16.7 Å². The van der Waals surface area contributed by atoms with Crippen molar-refractivity contribution in [3.05, 3.63) is 47.0 Å². The minimum Gasteiger partial charge on any atom is -0.396 e. The summed E-state index contributed by atoms with van der Waals surface area (Å²) in [7, 11) is 0. The van der Waals surface area contributed by atoms with Crippen LogP contribution in [-0.2, 0) is 5.75 Å². The van der Waals surface area contributed by atoms with Crippen LogP contribution in [0.1, 0.15) is 32.3 Å². The molecule has 0 fully saturated rings. The van der Waals surface area contributed by atoms with Gasteiger partial charge in [-0.25, -0.2) is 0 Å². The van der Waals surface area contributed by atoms with E-state index in [9.17, 15) is 5.11 Å². The SMILES string of the molecule is CC1=C(C)C[C@@H](SCc2ccccc2)[C@@H](CO)C1. The fraction of sp³-hybridized carbons (Fsp3) is 0.500. The lowest BCUT2D eigenvalue weighted by Crippen LogP contribution is -2.26. The van der Waals surface area contributed by atoms with Crippen LogP contribution in [0.4, 0.5) is 0 Å². The third kappa shape index (κ3) is 3.39. The van der Waals surface area contributed by atoms with Gasteiger partial charge in [0, 0.05) is 17.6 Å². The molecule has 0 saturated heterocycles. The normalized spacial score (nSPS) is 24.4. The summed E-state index contributed by atoms with van der Waals surface area (Å²) in [5.41, 5.74) is 4.37. The Bertz CT molecular complexity index is 410.